The second-order valence-electron chi connectivity index (χ2n) is 5.07. The first-order valence-electron chi connectivity index (χ1n) is 6.77. The fourth-order valence-corrected chi connectivity index (χ4v) is 3.06. The lowest BCUT2D eigenvalue weighted by molar-refractivity contribution is 0.573. The maximum Gasteiger partial charge on any atom is 0.240 e. The van der Waals surface area contributed by atoms with Gasteiger partial charge < -0.3 is 5.32 Å². The third-order valence-corrected chi connectivity index (χ3v) is 4.74. The van der Waals surface area contributed by atoms with Gasteiger partial charge in [-0.3, -0.25) is 0 Å². The summed E-state index contributed by atoms with van der Waals surface area (Å²) in [5, 5.41) is 12.2. The average molecular weight is 293 g/mol. The van der Waals surface area contributed by atoms with Gasteiger partial charge in [0, 0.05) is 12.6 Å². The first-order chi connectivity index (χ1) is 9.53. The largest absolute Gasteiger partial charge is 0.314 e. The fraction of sp³-hybridized carbons (Fsp3) is 0.500. The van der Waals surface area contributed by atoms with E-state index in [1.807, 2.05) is 6.07 Å². The van der Waals surface area contributed by atoms with E-state index in [1.165, 1.54) is 25.0 Å². The molecule has 1 aromatic rings. The zero-order valence-corrected chi connectivity index (χ0v) is 12.3. The van der Waals surface area contributed by atoms with Gasteiger partial charge in [0.2, 0.25) is 10.0 Å². The van der Waals surface area contributed by atoms with E-state index < -0.39 is 10.0 Å². The molecule has 0 bridgehead atoms. The van der Waals surface area contributed by atoms with E-state index in [4.69, 9.17) is 5.26 Å². The topological polar surface area (TPSA) is 82.0 Å². The smallest absolute Gasteiger partial charge is 0.240 e. The number of aryl methyl sites for hydroxylation is 1. The Morgan fingerprint density at radius 2 is 2.10 bits per heavy atom. The minimum Gasteiger partial charge on any atom is -0.314 e. The first kappa shape index (κ1) is 15.0. The summed E-state index contributed by atoms with van der Waals surface area (Å²) >= 11 is 0. The van der Waals surface area contributed by atoms with Crippen molar-refractivity contribution in [3.63, 3.8) is 0 Å². The summed E-state index contributed by atoms with van der Waals surface area (Å²) in [7, 11) is -3.48. The van der Waals surface area contributed by atoms with E-state index in [2.05, 4.69) is 10.0 Å². The van der Waals surface area contributed by atoms with Crippen molar-refractivity contribution in [3.05, 3.63) is 29.3 Å². The van der Waals surface area contributed by atoms with Crippen LogP contribution in [0.15, 0.2) is 23.1 Å². The highest BCUT2D eigenvalue weighted by molar-refractivity contribution is 7.89. The summed E-state index contributed by atoms with van der Waals surface area (Å²) < 4.78 is 26.7. The predicted octanol–water partition coefficient (Wildman–Crippen LogP) is 1.29. The van der Waals surface area contributed by atoms with E-state index in [0.717, 1.165) is 13.0 Å². The van der Waals surface area contributed by atoms with Gasteiger partial charge in [0.15, 0.2) is 0 Å². The minimum absolute atomic E-state index is 0.212. The standard InChI is InChI=1S/C14H19N3O2S/c1-11-9-14(6-3-12(11)10-15)20(18,19)17-8-2-7-16-13-4-5-13/h3,6,9,13,16-17H,2,4-5,7-8H2,1H3. The van der Waals surface area contributed by atoms with Crippen LogP contribution in [0.25, 0.3) is 0 Å². The summed E-state index contributed by atoms with van der Waals surface area (Å²) in [5.41, 5.74) is 1.17. The Balaban J connectivity index is 1.88. The van der Waals surface area contributed by atoms with Gasteiger partial charge in [0.25, 0.3) is 0 Å². The molecular formula is C14H19N3O2S. The van der Waals surface area contributed by atoms with E-state index in [1.54, 1.807) is 13.0 Å². The van der Waals surface area contributed by atoms with Crippen LogP contribution in [0.3, 0.4) is 0 Å². The Morgan fingerprint density at radius 3 is 2.70 bits per heavy atom. The molecule has 1 aliphatic rings. The highest BCUT2D eigenvalue weighted by atomic mass is 32.2. The molecule has 0 aliphatic heterocycles. The Morgan fingerprint density at radius 1 is 1.35 bits per heavy atom. The van der Waals surface area contributed by atoms with Crippen molar-refractivity contribution in [2.45, 2.75) is 37.1 Å². The molecule has 0 spiro atoms. The number of rotatable bonds is 7. The van der Waals surface area contributed by atoms with Crippen LogP contribution in [0.2, 0.25) is 0 Å². The summed E-state index contributed by atoms with van der Waals surface area (Å²) in [6.45, 7) is 2.98. The lowest BCUT2D eigenvalue weighted by atomic mass is 10.1. The normalized spacial score (nSPS) is 15.0. The molecule has 0 saturated heterocycles. The van der Waals surface area contributed by atoms with Crippen LogP contribution in [0.1, 0.15) is 30.4 Å². The van der Waals surface area contributed by atoms with Crippen LogP contribution < -0.4 is 10.0 Å². The monoisotopic (exact) mass is 293 g/mol. The number of hydrogen-bond donors (Lipinski definition) is 2. The van der Waals surface area contributed by atoms with Crippen molar-refractivity contribution in [3.8, 4) is 6.07 Å². The Bertz CT molecular complexity index is 616. The molecule has 0 atom stereocenters. The van der Waals surface area contributed by atoms with Gasteiger partial charge in [0.05, 0.1) is 16.5 Å². The first-order valence-corrected chi connectivity index (χ1v) is 8.25. The molecule has 0 amide bonds. The maximum atomic E-state index is 12.1. The average Bonchev–Trinajstić information content (AvgIpc) is 3.22. The summed E-state index contributed by atoms with van der Waals surface area (Å²) in [6.07, 6.45) is 3.23. The number of hydrogen-bond acceptors (Lipinski definition) is 4. The van der Waals surface area contributed by atoms with Crippen LogP contribution in [0, 0.1) is 18.3 Å². The van der Waals surface area contributed by atoms with Gasteiger partial charge >= 0.3 is 0 Å². The van der Waals surface area contributed by atoms with Crippen LogP contribution in [-0.4, -0.2) is 27.5 Å². The lowest BCUT2D eigenvalue weighted by Crippen LogP contribution is -2.28. The number of nitrogens with one attached hydrogen (secondary N) is 2. The molecule has 108 valence electrons. The van der Waals surface area contributed by atoms with Crippen molar-refractivity contribution < 1.29 is 8.42 Å². The van der Waals surface area contributed by atoms with Crippen LogP contribution in [0.4, 0.5) is 0 Å². The van der Waals surface area contributed by atoms with E-state index in [0.29, 0.717) is 23.7 Å². The van der Waals surface area contributed by atoms with Gasteiger partial charge in [-0.1, -0.05) is 0 Å². The molecule has 6 heteroatoms. The van der Waals surface area contributed by atoms with E-state index >= 15 is 0 Å². The lowest BCUT2D eigenvalue weighted by Gasteiger charge is -2.08. The van der Waals surface area contributed by atoms with Crippen LogP contribution in [0.5, 0.6) is 0 Å². The van der Waals surface area contributed by atoms with Crippen molar-refractivity contribution >= 4 is 10.0 Å². The van der Waals surface area contributed by atoms with Gasteiger partial charge in [-0.2, -0.15) is 5.26 Å². The SMILES string of the molecule is Cc1cc(S(=O)(=O)NCCCNC2CC2)ccc1C#N. The molecule has 0 unspecified atom stereocenters. The molecule has 0 heterocycles. The molecule has 1 aromatic carbocycles. The van der Waals surface area contributed by atoms with Crippen molar-refractivity contribution in [2.75, 3.05) is 13.1 Å². The molecule has 1 aliphatic carbocycles. The predicted molar refractivity (Wildman–Crippen MR) is 76.7 cm³/mol. The molecule has 0 aromatic heterocycles. The van der Waals surface area contributed by atoms with E-state index in [9.17, 15) is 8.42 Å². The Labute approximate surface area is 120 Å². The number of nitrogens with zero attached hydrogens (tertiary/aromatic N) is 1. The van der Waals surface area contributed by atoms with Gasteiger partial charge in [-0.15, -0.1) is 0 Å². The summed E-state index contributed by atoms with van der Waals surface area (Å²) in [5.74, 6) is 0. The second kappa shape index (κ2) is 6.35. The van der Waals surface area contributed by atoms with Crippen LogP contribution in [-0.2, 0) is 10.0 Å². The summed E-state index contributed by atoms with van der Waals surface area (Å²) in [4.78, 5) is 0.212. The third-order valence-electron chi connectivity index (χ3n) is 3.28. The molecule has 2 rings (SSSR count). The molecule has 0 radical (unpaired) electrons. The van der Waals surface area contributed by atoms with E-state index in [-0.39, 0.29) is 4.90 Å². The molecule has 2 N–H and O–H groups in total. The van der Waals surface area contributed by atoms with Crippen molar-refractivity contribution in [1.82, 2.24) is 10.0 Å². The van der Waals surface area contributed by atoms with Crippen molar-refractivity contribution in [2.24, 2.45) is 0 Å². The molecule has 1 fully saturated rings. The molecule has 5 nitrogen and oxygen atoms in total. The Kier molecular flexibility index (Phi) is 4.76. The zero-order valence-electron chi connectivity index (χ0n) is 11.5. The van der Waals surface area contributed by atoms with Crippen LogP contribution >= 0.6 is 0 Å². The number of benzene rings is 1. The minimum atomic E-state index is -3.48. The zero-order chi connectivity index (χ0) is 14.6. The quantitative estimate of drug-likeness (QED) is 0.742. The number of nitriles is 1. The number of sulfonamides is 1. The molecule has 1 saturated carbocycles. The molecular weight excluding hydrogens is 274 g/mol. The maximum absolute atomic E-state index is 12.1. The van der Waals surface area contributed by atoms with Gasteiger partial charge in [-0.05, 0) is 56.5 Å². The third kappa shape index (κ3) is 4.04. The highest BCUT2D eigenvalue weighted by Gasteiger charge is 2.19. The fourth-order valence-electron chi connectivity index (χ4n) is 1.90. The van der Waals surface area contributed by atoms with Gasteiger partial charge in [-0.25, -0.2) is 13.1 Å². The summed E-state index contributed by atoms with van der Waals surface area (Å²) in [6, 6.07) is 7.21. The Hall–Kier alpha value is -1.42. The van der Waals surface area contributed by atoms with Crippen molar-refractivity contribution in [1.29, 1.82) is 5.26 Å². The van der Waals surface area contributed by atoms with Gasteiger partial charge in [0.1, 0.15) is 0 Å². The highest BCUT2D eigenvalue weighted by Crippen LogP contribution is 2.18. The second-order valence-corrected chi connectivity index (χ2v) is 6.84. The molecule has 20 heavy (non-hydrogen) atoms.